The number of halogens is 2. The van der Waals surface area contributed by atoms with Gasteiger partial charge in [-0.15, -0.1) is 36.2 Å². The molecule has 1 aliphatic rings. The van der Waals surface area contributed by atoms with Crippen LogP contribution in [0.4, 0.5) is 0 Å². The molecule has 0 spiro atoms. The predicted octanol–water partition coefficient (Wildman–Crippen LogP) is 3.76. The third-order valence-electron chi connectivity index (χ3n) is 4.15. The fraction of sp³-hybridized carbons (Fsp3) is 0.444. The third-order valence-corrected chi connectivity index (χ3v) is 5.09. The number of amides is 1. The Labute approximate surface area is 165 Å². The minimum absolute atomic E-state index is 0. The Hall–Kier alpha value is -1.14. The molecule has 2 aromatic rings. The van der Waals surface area contributed by atoms with Crippen LogP contribution >= 0.6 is 36.2 Å². The number of piperidine rings is 1. The molecule has 4 nitrogen and oxygen atoms in total. The first-order chi connectivity index (χ1) is 11.1. The van der Waals surface area contributed by atoms with Crippen molar-refractivity contribution in [3.63, 3.8) is 0 Å². The van der Waals surface area contributed by atoms with E-state index in [1.807, 2.05) is 11.4 Å². The second-order valence-electron chi connectivity index (χ2n) is 6.33. The van der Waals surface area contributed by atoms with Gasteiger partial charge in [-0.2, -0.15) is 0 Å². The lowest BCUT2D eigenvalue weighted by molar-refractivity contribution is -0.121. The average molecular weight is 402 g/mol. The van der Waals surface area contributed by atoms with Gasteiger partial charge < -0.3 is 10.6 Å². The van der Waals surface area contributed by atoms with Crippen LogP contribution in [-0.4, -0.2) is 29.5 Å². The standard InChI is InChI=1S/C18H23N3OS.2ClH/c1-12-4-3-5-14(8-12)18-21-16(11-23-18)10-17(22)20-15-6-7-19-13(2)9-15;;/h3-5,8,11,13,15,19H,6-7,9-10H2,1-2H3,(H,20,22);2*1H. The monoisotopic (exact) mass is 401 g/mol. The summed E-state index contributed by atoms with van der Waals surface area (Å²) < 4.78 is 0. The van der Waals surface area contributed by atoms with E-state index < -0.39 is 0 Å². The third kappa shape index (κ3) is 6.26. The van der Waals surface area contributed by atoms with Crippen LogP contribution in [0.15, 0.2) is 29.6 Å². The number of benzene rings is 1. The van der Waals surface area contributed by atoms with E-state index in [4.69, 9.17) is 0 Å². The van der Waals surface area contributed by atoms with Crippen molar-refractivity contribution < 1.29 is 4.79 Å². The number of nitrogens with zero attached hydrogens (tertiary/aromatic N) is 1. The summed E-state index contributed by atoms with van der Waals surface area (Å²) in [7, 11) is 0. The number of aromatic nitrogens is 1. The molecule has 2 atom stereocenters. The van der Waals surface area contributed by atoms with Crippen molar-refractivity contribution in [2.75, 3.05) is 6.54 Å². The zero-order valence-electron chi connectivity index (χ0n) is 14.5. The second kappa shape index (κ2) is 10.1. The highest BCUT2D eigenvalue weighted by molar-refractivity contribution is 7.13. The maximum atomic E-state index is 12.2. The molecule has 1 aliphatic heterocycles. The summed E-state index contributed by atoms with van der Waals surface area (Å²) in [4.78, 5) is 16.8. The van der Waals surface area contributed by atoms with Crippen molar-refractivity contribution in [2.24, 2.45) is 0 Å². The SMILES string of the molecule is Cc1cccc(-c2nc(CC(=O)NC3CCNC(C)C3)cs2)c1.Cl.Cl. The van der Waals surface area contributed by atoms with E-state index in [1.165, 1.54) is 5.56 Å². The quantitative estimate of drug-likeness (QED) is 0.819. The first kappa shape index (κ1) is 21.9. The maximum absolute atomic E-state index is 12.2. The number of thiazole rings is 1. The van der Waals surface area contributed by atoms with Gasteiger partial charge in [-0.05, 0) is 39.3 Å². The first-order valence-corrected chi connectivity index (χ1v) is 9.02. The molecule has 7 heteroatoms. The van der Waals surface area contributed by atoms with Gasteiger partial charge in [0.25, 0.3) is 0 Å². The van der Waals surface area contributed by atoms with Crippen LogP contribution in [-0.2, 0) is 11.2 Å². The minimum Gasteiger partial charge on any atom is -0.353 e. The fourth-order valence-corrected chi connectivity index (χ4v) is 3.82. The molecule has 1 amide bonds. The summed E-state index contributed by atoms with van der Waals surface area (Å²) in [6.45, 7) is 5.21. The lowest BCUT2D eigenvalue weighted by atomic mass is 10.0. The number of aryl methyl sites for hydroxylation is 1. The smallest absolute Gasteiger partial charge is 0.226 e. The zero-order chi connectivity index (χ0) is 16.2. The largest absolute Gasteiger partial charge is 0.353 e. The van der Waals surface area contributed by atoms with Crippen LogP contribution in [0.25, 0.3) is 10.6 Å². The Morgan fingerprint density at radius 1 is 1.40 bits per heavy atom. The van der Waals surface area contributed by atoms with E-state index in [2.05, 4.69) is 47.7 Å². The van der Waals surface area contributed by atoms with Crippen LogP contribution in [0.1, 0.15) is 31.0 Å². The van der Waals surface area contributed by atoms with Gasteiger partial charge in [0.1, 0.15) is 5.01 Å². The van der Waals surface area contributed by atoms with Gasteiger partial charge in [-0.25, -0.2) is 4.98 Å². The summed E-state index contributed by atoms with van der Waals surface area (Å²) in [5.41, 5.74) is 3.19. The number of hydrogen-bond donors (Lipinski definition) is 2. The summed E-state index contributed by atoms with van der Waals surface area (Å²) >= 11 is 1.60. The highest BCUT2D eigenvalue weighted by atomic mass is 35.5. The highest BCUT2D eigenvalue weighted by Gasteiger charge is 2.20. The summed E-state index contributed by atoms with van der Waals surface area (Å²) in [5.74, 6) is 0.0743. The molecule has 0 aliphatic carbocycles. The Balaban J connectivity index is 0.00000156. The molecule has 2 N–H and O–H groups in total. The predicted molar refractivity (Wildman–Crippen MR) is 109 cm³/mol. The van der Waals surface area contributed by atoms with Crippen molar-refractivity contribution in [2.45, 2.75) is 45.2 Å². The highest BCUT2D eigenvalue weighted by Crippen LogP contribution is 2.24. The van der Waals surface area contributed by atoms with Crippen LogP contribution in [0.5, 0.6) is 0 Å². The summed E-state index contributed by atoms with van der Waals surface area (Å²) in [6.07, 6.45) is 2.36. The molecule has 1 saturated heterocycles. The van der Waals surface area contributed by atoms with Crippen LogP contribution in [0.3, 0.4) is 0 Å². The lowest BCUT2D eigenvalue weighted by Gasteiger charge is -2.28. The molecule has 2 unspecified atom stereocenters. The number of carbonyl (C=O) groups is 1. The van der Waals surface area contributed by atoms with E-state index in [0.717, 1.165) is 35.7 Å². The molecule has 0 radical (unpaired) electrons. The van der Waals surface area contributed by atoms with Crippen molar-refractivity contribution in [1.82, 2.24) is 15.6 Å². The molecule has 1 aromatic heterocycles. The van der Waals surface area contributed by atoms with Crippen molar-refractivity contribution in [3.8, 4) is 10.6 Å². The topological polar surface area (TPSA) is 54.0 Å². The lowest BCUT2D eigenvalue weighted by Crippen LogP contribution is -2.46. The van der Waals surface area contributed by atoms with E-state index >= 15 is 0 Å². The van der Waals surface area contributed by atoms with Gasteiger partial charge in [0.2, 0.25) is 5.91 Å². The number of hydrogen-bond acceptors (Lipinski definition) is 4. The van der Waals surface area contributed by atoms with E-state index in [-0.39, 0.29) is 36.8 Å². The van der Waals surface area contributed by atoms with Gasteiger partial charge in [0, 0.05) is 23.0 Å². The molecule has 25 heavy (non-hydrogen) atoms. The molecule has 138 valence electrons. The van der Waals surface area contributed by atoms with Crippen LogP contribution in [0, 0.1) is 6.92 Å². The van der Waals surface area contributed by atoms with Crippen molar-refractivity contribution >= 4 is 42.1 Å². The van der Waals surface area contributed by atoms with Crippen LogP contribution in [0.2, 0.25) is 0 Å². The van der Waals surface area contributed by atoms with E-state index in [0.29, 0.717) is 12.5 Å². The number of rotatable bonds is 4. The summed E-state index contributed by atoms with van der Waals surface area (Å²) in [5, 5.41) is 9.51. The molecular weight excluding hydrogens is 377 g/mol. The van der Waals surface area contributed by atoms with Gasteiger partial charge in [0.15, 0.2) is 0 Å². The number of nitrogens with one attached hydrogen (secondary N) is 2. The Morgan fingerprint density at radius 3 is 2.92 bits per heavy atom. The van der Waals surface area contributed by atoms with Crippen molar-refractivity contribution in [1.29, 1.82) is 0 Å². The molecular formula is C18H25Cl2N3OS. The van der Waals surface area contributed by atoms with Gasteiger partial charge >= 0.3 is 0 Å². The molecule has 0 saturated carbocycles. The van der Waals surface area contributed by atoms with Crippen LogP contribution < -0.4 is 10.6 Å². The first-order valence-electron chi connectivity index (χ1n) is 8.14. The minimum atomic E-state index is 0. The Kier molecular flexibility index (Phi) is 8.86. The molecule has 1 fully saturated rings. The molecule has 1 aromatic carbocycles. The second-order valence-corrected chi connectivity index (χ2v) is 7.19. The fourth-order valence-electron chi connectivity index (χ4n) is 3.01. The zero-order valence-corrected chi connectivity index (χ0v) is 16.9. The Morgan fingerprint density at radius 2 is 2.20 bits per heavy atom. The molecule has 3 rings (SSSR count). The normalized spacial score (nSPS) is 19.4. The summed E-state index contributed by atoms with van der Waals surface area (Å²) in [6, 6.07) is 9.06. The van der Waals surface area contributed by atoms with Gasteiger partial charge in [0.05, 0.1) is 12.1 Å². The molecule has 0 bridgehead atoms. The van der Waals surface area contributed by atoms with Crippen molar-refractivity contribution in [3.05, 3.63) is 40.9 Å². The Bertz CT molecular complexity index is 692. The maximum Gasteiger partial charge on any atom is 0.226 e. The number of carbonyl (C=O) groups excluding carboxylic acids is 1. The van der Waals surface area contributed by atoms with Gasteiger partial charge in [-0.1, -0.05) is 23.8 Å². The molecule has 2 heterocycles. The van der Waals surface area contributed by atoms with E-state index in [9.17, 15) is 4.79 Å². The van der Waals surface area contributed by atoms with E-state index in [1.54, 1.807) is 11.3 Å². The van der Waals surface area contributed by atoms with Gasteiger partial charge in [-0.3, -0.25) is 4.79 Å². The average Bonchev–Trinajstić information content (AvgIpc) is 2.95.